The number of thiophene rings is 1. The molecule has 0 spiro atoms. The molecule has 3 nitrogen and oxygen atoms in total. The van der Waals surface area contributed by atoms with Crippen LogP contribution >= 0.6 is 11.3 Å². The maximum atomic E-state index is 12.4. The molecule has 0 saturated heterocycles. The van der Waals surface area contributed by atoms with E-state index in [0.29, 0.717) is 0 Å². The van der Waals surface area contributed by atoms with Crippen LogP contribution in [0.3, 0.4) is 0 Å². The molecule has 1 aromatic carbocycles. The molecule has 0 bridgehead atoms. The molecular weight excluding hydrogens is 268 g/mol. The van der Waals surface area contributed by atoms with Crippen LogP contribution in [-0.2, 0) is 13.1 Å². The van der Waals surface area contributed by atoms with Crippen molar-refractivity contribution in [2.24, 2.45) is 0 Å². The van der Waals surface area contributed by atoms with E-state index >= 15 is 0 Å². The molecule has 2 heterocycles. The standard InChI is InChI=1S/C16H18N2OS/c1-2-14(15-4-3-7-20-15)18-16(19)11-5-6-12-9-17-10-13(12)8-11/h3-8,14,17H,2,9-10H2,1H3,(H,18,19). The fraction of sp³-hybridized carbons (Fsp3) is 0.312. The van der Waals surface area contributed by atoms with Crippen LogP contribution in [0.1, 0.15) is 45.7 Å². The summed E-state index contributed by atoms with van der Waals surface area (Å²) in [4.78, 5) is 13.6. The first-order valence-corrected chi connectivity index (χ1v) is 7.82. The first-order valence-electron chi connectivity index (χ1n) is 6.94. The summed E-state index contributed by atoms with van der Waals surface area (Å²) in [5.74, 6) is 0.0138. The number of hydrogen-bond acceptors (Lipinski definition) is 3. The maximum Gasteiger partial charge on any atom is 0.251 e. The van der Waals surface area contributed by atoms with Crippen molar-refractivity contribution in [1.29, 1.82) is 0 Å². The molecule has 104 valence electrons. The minimum Gasteiger partial charge on any atom is -0.344 e. The lowest BCUT2D eigenvalue weighted by molar-refractivity contribution is 0.0936. The van der Waals surface area contributed by atoms with Crippen LogP contribution in [0.25, 0.3) is 0 Å². The Balaban J connectivity index is 1.75. The van der Waals surface area contributed by atoms with E-state index in [4.69, 9.17) is 0 Å². The fourth-order valence-electron chi connectivity index (χ4n) is 2.54. The molecule has 1 amide bonds. The SMILES string of the molecule is CCC(NC(=O)c1ccc2c(c1)CNC2)c1cccs1. The summed E-state index contributed by atoms with van der Waals surface area (Å²) < 4.78 is 0. The van der Waals surface area contributed by atoms with Gasteiger partial charge in [-0.3, -0.25) is 4.79 Å². The highest BCUT2D eigenvalue weighted by molar-refractivity contribution is 7.10. The second kappa shape index (κ2) is 5.77. The molecule has 20 heavy (non-hydrogen) atoms. The number of hydrogen-bond donors (Lipinski definition) is 2. The molecule has 4 heteroatoms. The first kappa shape index (κ1) is 13.3. The third kappa shape index (κ3) is 2.62. The van der Waals surface area contributed by atoms with E-state index in [9.17, 15) is 4.79 Å². The number of rotatable bonds is 4. The van der Waals surface area contributed by atoms with Gasteiger partial charge in [0.05, 0.1) is 6.04 Å². The van der Waals surface area contributed by atoms with Crippen molar-refractivity contribution in [3.63, 3.8) is 0 Å². The third-order valence-electron chi connectivity index (χ3n) is 3.70. The van der Waals surface area contributed by atoms with Crippen LogP contribution in [0.15, 0.2) is 35.7 Å². The van der Waals surface area contributed by atoms with Crippen molar-refractivity contribution in [3.05, 3.63) is 57.3 Å². The van der Waals surface area contributed by atoms with Gasteiger partial charge in [0.25, 0.3) is 5.91 Å². The Labute approximate surface area is 123 Å². The van der Waals surface area contributed by atoms with Crippen LogP contribution in [0.4, 0.5) is 0 Å². The predicted molar refractivity (Wildman–Crippen MR) is 81.8 cm³/mol. The van der Waals surface area contributed by atoms with Crippen LogP contribution in [0, 0.1) is 0 Å². The average molecular weight is 286 g/mol. The average Bonchev–Trinajstić information content (AvgIpc) is 3.14. The van der Waals surface area contributed by atoms with E-state index in [-0.39, 0.29) is 11.9 Å². The van der Waals surface area contributed by atoms with Crippen LogP contribution in [0.5, 0.6) is 0 Å². The number of carbonyl (C=O) groups is 1. The van der Waals surface area contributed by atoms with Gasteiger partial charge in [-0.25, -0.2) is 0 Å². The molecule has 3 rings (SSSR count). The fourth-order valence-corrected chi connectivity index (χ4v) is 3.40. The number of nitrogens with one attached hydrogen (secondary N) is 2. The van der Waals surface area contributed by atoms with Crippen molar-refractivity contribution in [3.8, 4) is 0 Å². The Morgan fingerprint density at radius 1 is 1.35 bits per heavy atom. The summed E-state index contributed by atoms with van der Waals surface area (Å²) in [5.41, 5.74) is 3.29. The van der Waals surface area contributed by atoms with E-state index < -0.39 is 0 Å². The summed E-state index contributed by atoms with van der Waals surface area (Å²) in [6, 6.07) is 10.2. The third-order valence-corrected chi connectivity index (χ3v) is 4.69. The molecule has 0 saturated carbocycles. The molecule has 2 N–H and O–H groups in total. The quantitative estimate of drug-likeness (QED) is 0.906. The van der Waals surface area contributed by atoms with Crippen molar-refractivity contribution in [1.82, 2.24) is 10.6 Å². The van der Waals surface area contributed by atoms with Gasteiger partial charge >= 0.3 is 0 Å². The van der Waals surface area contributed by atoms with Crippen LogP contribution in [-0.4, -0.2) is 5.91 Å². The molecule has 0 fully saturated rings. The van der Waals surface area contributed by atoms with Gasteiger partial charge < -0.3 is 10.6 Å². The zero-order valence-corrected chi connectivity index (χ0v) is 12.3. The van der Waals surface area contributed by atoms with Gasteiger partial charge in [0, 0.05) is 23.5 Å². The predicted octanol–water partition coefficient (Wildman–Crippen LogP) is 3.23. The molecule has 0 radical (unpaired) electrons. The minimum atomic E-state index is 0.0138. The van der Waals surface area contributed by atoms with Gasteiger partial charge in [-0.2, -0.15) is 0 Å². The first-order chi connectivity index (χ1) is 9.78. The highest BCUT2D eigenvalue weighted by atomic mass is 32.1. The Kier molecular flexibility index (Phi) is 3.85. The van der Waals surface area contributed by atoms with Gasteiger partial charge in [-0.05, 0) is 41.1 Å². The Bertz CT molecular complexity index is 607. The minimum absolute atomic E-state index is 0.0138. The van der Waals surface area contributed by atoms with Crippen LogP contribution < -0.4 is 10.6 Å². The van der Waals surface area contributed by atoms with E-state index in [1.54, 1.807) is 11.3 Å². The Hall–Kier alpha value is -1.65. The van der Waals surface area contributed by atoms with Gasteiger partial charge in [-0.15, -0.1) is 11.3 Å². The number of benzene rings is 1. The monoisotopic (exact) mass is 286 g/mol. The largest absolute Gasteiger partial charge is 0.344 e. The Morgan fingerprint density at radius 2 is 2.20 bits per heavy atom. The summed E-state index contributed by atoms with van der Waals surface area (Å²) in [6.07, 6.45) is 0.902. The smallest absolute Gasteiger partial charge is 0.251 e. The van der Waals surface area contributed by atoms with Gasteiger partial charge in [0.15, 0.2) is 0 Å². The second-order valence-corrected chi connectivity index (χ2v) is 6.02. The molecule has 1 aliphatic rings. The lowest BCUT2D eigenvalue weighted by Gasteiger charge is -2.15. The lowest BCUT2D eigenvalue weighted by atomic mass is 10.1. The zero-order valence-electron chi connectivity index (χ0n) is 11.5. The van der Waals surface area contributed by atoms with Gasteiger partial charge in [-0.1, -0.05) is 19.1 Å². The molecule has 0 aliphatic carbocycles. The van der Waals surface area contributed by atoms with E-state index in [0.717, 1.165) is 25.1 Å². The maximum absolute atomic E-state index is 12.4. The molecule has 1 unspecified atom stereocenters. The van der Waals surface area contributed by atoms with E-state index in [1.807, 2.05) is 23.6 Å². The molecular formula is C16H18N2OS. The van der Waals surface area contributed by atoms with Crippen molar-refractivity contribution >= 4 is 17.2 Å². The highest BCUT2D eigenvalue weighted by Crippen LogP contribution is 2.23. The van der Waals surface area contributed by atoms with E-state index in [1.165, 1.54) is 16.0 Å². The number of amides is 1. The van der Waals surface area contributed by atoms with Crippen LogP contribution in [0.2, 0.25) is 0 Å². The van der Waals surface area contributed by atoms with Crippen molar-refractivity contribution in [2.75, 3.05) is 0 Å². The summed E-state index contributed by atoms with van der Waals surface area (Å²) in [7, 11) is 0. The van der Waals surface area contributed by atoms with Crippen molar-refractivity contribution < 1.29 is 4.79 Å². The van der Waals surface area contributed by atoms with Gasteiger partial charge in [0.2, 0.25) is 0 Å². The zero-order chi connectivity index (χ0) is 13.9. The Morgan fingerprint density at radius 3 is 2.95 bits per heavy atom. The second-order valence-electron chi connectivity index (χ2n) is 5.04. The summed E-state index contributed by atoms with van der Waals surface area (Å²) >= 11 is 1.69. The lowest BCUT2D eigenvalue weighted by Crippen LogP contribution is -2.27. The van der Waals surface area contributed by atoms with Gasteiger partial charge in [0.1, 0.15) is 0 Å². The topological polar surface area (TPSA) is 41.1 Å². The van der Waals surface area contributed by atoms with Crippen molar-refractivity contribution in [2.45, 2.75) is 32.5 Å². The summed E-state index contributed by atoms with van der Waals surface area (Å²) in [5, 5.41) is 8.47. The number of carbonyl (C=O) groups excluding carboxylic acids is 1. The normalized spacial score (nSPS) is 14.8. The molecule has 1 aliphatic heterocycles. The summed E-state index contributed by atoms with van der Waals surface area (Å²) in [6.45, 7) is 3.86. The van der Waals surface area contributed by atoms with E-state index in [2.05, 4.69) is 29.7 Å². The highest BCUT2D eigenvalue weighted by Gasteiger charge is 2.17. The molecule has 1 atom stereocenters. The molecule has 1 aromatic heterocycles. The number of fused-ring (bicyclic) bond motifs is 1. The molecule has 2 aromatic rings.